The Kier molecular flexibility index (Phi) is 3.87. The molecule has 2 fully saturated rings. The van der Waals surface area contributed by atoms with E-state index in [1.54, 1.807) is 16.8 Å². The second kappa shape index (κ2) is 5.78. The summed E-state index contributed by atoms with van der Waals surface area (Å²) >= 11 is 0. The number of aromatic nitrogens is 1. The van der Waals surface area contributed by atoms with Gasteiger partial charge in [0.05, 0.1) is 0 Å². The maximum atomic E-state index is 11.8. The van der Waals surface area contributed by atoms with E-state index in [0.29, 0.717) is 6.04 Å². The van der Waals surface area contributed by atoms with E-state index < -0.39 is 0 Å². The monoisotopic (exact) mass is 261 g/mol. The van der Waals surface area contributed by atoms with Crippen LogP contribution in [0.15, 0.2) is 29.2 Å². The highest BCUT2D eigenvalue weighted by atomic mass is 16.1. The van der Waals surface area contributed by atoms with E-state index in [2.05, 4.69) is 10.3 Å². The van der Waals surface area contributed by atoms with E-state index in [1.165, 1.54) is 25.7 Å². The molecule has 4 nitrogen and oxygen atoms in total. The van der Waals surface area contributed by atoms with Gasteiger partial charge in [0.25, 0.3) is 5.56 Å². The summed E-state index contributed by atoms with van der Waals surface area (Å²) in [5.41, 5.74) is 0.0714. The summed E-state index contributed by atoms with van der Waals surface area (Å²) in [4.78, 5) is 11.8. The third kappa shape index (κ3) is 3.00. The molecule has 1 aromatic heterocycles. The number of nitrogens with zero attached hydrogens (tertiary/aromatic N) is 2. The minimum atomic E-state index is 0.0714. The molecular weight excluding hydrogens is 238 g/mol. The normalized spacial score (nSPS) is 24.2. The minimum absolute atomic E-state index is 0.0714. The number of pyridine rings is 1. The molecule has 1 saturated carbocycles. The van der Waals surface area contributed by atoms with Gasteiger partial charge in [0, 0.05) is 31.4 Å². The Morgan fingerprint density at radius 2 is 2.11 bits per heavy atom. The van der Waals surface area contributed by atoms with Crippen LogP contribution in [0.5, 0.6) is 0 Å². The topological polar surface area (TPSA) is 37.3 Å². The van der Waals surface area contributed by atoms with E-state index in [9.17, 15) is 4.79 Å². The van der Waals surface area contributed by atoms with Crippen LogP contribution in [0.2, 0.25) is 0 Å². The Balaban J connectivity index is 1.58. The first-order chi connectivity index (χ1) is 9.33. The van der Waals surface area contributed by atoms with Crippen LogP contribution < -0.4 is 15.9 Å². The van der Waals surface area contributed by atoms with Crippen molar-refractivity contribution in [3.8, 4) is 0 Å². The van der Waals surface area contributed by atoms with Gasteiger partial charge in [-0.1, -0.05) is 12.5 Å². The zero-order valence-electron chi connectivity index (χ0n) is 11.4. The number of rotatable bonds is 4. The van der Waals surface area contributed by atoms with Crippen molar-refractivity contribution in [2.75, 3.05) is 24.6 Å². The highest BCUT2D eigenvalue weighted by Crippen LogP contribution is 2.25. The predicted molar refractivity (Wildman–Crippen MR) is 77.0 cm³/mol. The fraction of sp³-hybridized carbons (Fsp3) is 0.667. The first-order valence-electron chi connectivity index (χ1n) is 7.49. The van der Waals surface area contributed by atoms with Crippen LogP contribution in [0.1, 0.15) is 32.1 Å². The van der Waals surface area contributed by atoms with Crippen molar-refractivity contribution in [1.82, 2.24) is 9.99 Å². The van der Waals surface area contributed by atoms with E-state index in [4.69, 9.17) is 0 Å². The lowest BCUT2D eigenvalue weighted by Crippen LogP contribution is -2.53. The van der Waals surface area contributed by atoms with Crippen molar-refractivity contribution >= 4 is 0 Å². The first kappa shape index (κ1) is 12.7. The highest BCUT2D eigenvalue weighted by molar-refractivity contribution is 5.01. The number of hydrogen-bond donors (Lipinski definition) is 1. The van der Waals surface area contributed by atoms with Gasteiger partial charge in [-0.05, 0) is 44.2 Å². The molecule has 0 radical (unpaired) electrons. The molecular formula is C15H23N3O. The lowest BCUT2D eigenvalue weighted by molar-refractivity contribution is 0.274. The largest absolute Gasteiger partial charge is 0.312 e. The van der Waals surface area contributed by atoms with Crippen molar-refractivity contribution in [3.05, 3.63) is 34.7 Å². The average Bonchev–Trinajstić information content (AvgIpc) is 2.38. The van der Waals surface area contributed by atoms with Crippen molar-refractivity contribution in [2.45, 2.75) is 38.1 Å². The molecule has 1 aromatic rings. The van der Waals surface area contributed by atoms with Crippen molar-refractivity contribution in [3.63, 3.8) is 0 Å². The van der Waals surface area contributed by atoms with Crippen LogP contribution in [0, 0.1) is 5.92 Å². The molecule has 0 bridgehead atoms. The molecule has 1 aliphatic carbocycles. The zero-order valence-corrected chi connectivity index (χ0v) is 11.4. The van der Waals surface area contributed by atoms with Crippen molar-refractivity contribution < 1.29 is 0 Å². The van der Waals surface area contributed by atoms with Gasteiger partial charge in [0.2, 0.25) is 0 Å². The number of hydrogen-bond acceptors (Lipinski definition) is 3. The predicted octanol–water partition coefficient (Wildman–Crippen LogP) is 1.34. The van der Waals surface area contributed by atoms with Crippen LogP contribution in [0.4, 0.5) is 0 Å². The Bertz CT molecular complexity index is 466. The molecule has 0 unspecified atom stereocenters. The average molecular weight is 261 g/mol. The van der Waals surface area contributed by atoms with Crippen LogP contribution in [0.3, 0.4) is 0 Å². The van der Waals surface area contributed by atoms with Gasteiger partial charge < -0.3 is 10.3 Å². The Hall–Kier alpha value is -1.29. The molecule has 0 spiro atoms. The van der Waals surface area contributed by atoms with Crippen molar-refractivity contribution in [1.29, 1.82) is 0 Å². The third-order valence-corrected chi connectivity index (χ3v) is 4.43. The summed E-state index contributed by atoms with van der Waals surface area (Å²) in [6.45, 7) is 3.07. The molecule has 1 saturated heterocycles. The molecule has 1 N–H and O–H groups in total. The van der Waals surface area contributed by atoms with Gasteiger partial charge in [0.15, 0.2) is 0 Å². The molecule has 1 aliphatic heterocycles. The second-order valence-electron chi connectivity index (χ2n) is 5.84. The molecule has 2 aliphatic rings. The van der Waals surface area contributed by atoms with Crippen LogP contribution in [-0.4, -0.2) is 30.4 Å². The molecule has 2 heterocycles. The Labute approximate surface area is 114 Å². The minimum Gasteiger partial charge on any atom is -0.312 e. The molecule has 4 heteroatoms. The summed E-state index contributed by atoms with van der Waals surface area (Å²) < 4.78 is 1.76. The summed E-state index contributed by atoms with van der Waals surface area (Å²) in [5, 5.41) is 5.86. The smallest absolute Gasteiger partial charge is 0.268 e. The van der Waals surface area contributed by atoms with E-state index in [-0.39, 0.29) is 5.56 Å². The van der Waals surface area contributed by atoms with Gasteiger partial charge in [-0.15, -0.1) is 0 Å². The quantitative estimate of drug-likeness (QED) is 0.888. The second-order valence-corrected chi connectivity index (χ2v) is 5.84. The lowest BCUT2D eigenvalue weighted by Gasteiger charge is -2.37. The first-order valence-corrected chi connectivity index (χ1v) is 7.49. The van der Waals surface area contributed by atoms with Crippen LogP contribution in [-0.2, 0) is 0 Å². The molecule has 3 rings (SSSR count). The summed E-state index contributed by atoms with van der Waals surface area (Å²) in [5.74, 6) is 0.898. The van der Waals surface area contributed by atoms with Gasteiger partial charge in [-0.2, -0.15) is 0 Å². The number of nitrogens with one attached hydrogen (secondary N) is 1. The summed E-state index contributed by atoms with van der Waals surface area (Å²) in [6.07, 6.45) is 8.44. The summed E-state index contributed by atoms with van der Waals surface area (Å²) in [6, 6.07) is 5.88. The van der Waals surface area contributed by atoms with Crippen LogP contribution >= 0.6 is 0 Å². The summed E-state index contributed by atoms with van der Waals surface area (Å²) in [7, 11) is 0. The lowest BCUT2D eigenvalue weighted by atomic mass is 9.85. The van der Waals surface area contributed by atoms with Gasteiger partial charge in [-0.25, -0.2) is 4.68 Å². The fourth-order valence-corrected chi connectivity index (χ4v) is 3.00. The fourth-order valence-electron chi connectivity index (χ4n) is 3.00. The Morgan fingerprint density at radius 1 is 1.21 bits per heavy atom. The standard InChI is InChI=1S/C15H23N3O/c19-15-8-1-2-10-18(15)17-9-4-7-14(12-17)16-11-13-5-3-6-13/h1-2,8,10,13-14,16H,3-7,9,11-12H2/t14-/m1/s1. The van der Waals surface area contributed by atoms with Gasteiger partial charge >= 0.3 is 0 Å². The van der Waals surface area contributed by atoms with E-state index >= 15 is 0 Å². The molecule has 0 amide bonds. The number of piperidine rings is 1. The maximum absolute atomic E-state index is 11.8. The van der Waals surface area contributed by atoms with Crippen LogP contribution in [0.25, 0.3) is 0 Å². The van der Waals surface area contributed by atoms with E-state index in [0.717, 1.165) is 32.0 Å². The molecule has 0 aromatic carbocycles. The van der Waals surface area contributed by atoms with Gasteiger partial charge in [0.1, 0.15) is 0 Å². The van der Waals surface area contributed by atoms with Gasteiger partial charge in [-0.3, -0.25) is 4.79 Å². The third-order valence-electron chi connectivity index (χ3n) is 4.43. The van der Waals surface area contributed by atoms with Crippen molar-refractivity contribution in [2.24, 2.45) is 5.92 Å². The SMILES string of the molecule is O=c1ccccn1N1CCC[C@@H](NCC2CCC2)C1. The van der Waals surface area contributed by atoms with E-state index in [1.807, 2.05) is 12.3 Å². The highest BCUT2D eigenvalue weighted by Gasteiger charge is 2.23. The molecule has 1 atom stereocenters. The Morgan fingerprint density at radius 3 is 2.84 bits per heavy atom. The molecule has 19 heavy (non-hydrogen) atoms. The molecule has 104 valence electrons. The zero-order chi connectivity index (χ0) is 13.1. The maximum Gasteiger partial charge on any atom is 0.268 e.